The van der Waals surface area contributed by atoms with Gasteiger partial charge in [0.25, 0.3) is 5.91 Å². The average molecular weight is 397 g/mol. The van der Waals surface area contributed by atoms with Crippen molar-refractivity contribution in [2.24, 2.45) is 0 Å². The predicted octanol–water partition coefficient (Wildman–Crippen LogP) is 5.01. The standard InChI is InChI=1S/C20H17ClN4OS/c1-2-25-16(11-12-22-25)19(26)24(13-14-7-4-3-5-8-14)20-23-18-15(21)9-6-10-17(18)27-20/h3-12H,2,13H2,1H3. The quantitative estimate of drug-likeness (QED) is 0.476. The van der Waals surface area contributed by atoms with Crippen LogP contribution < -0.4 is 4.90 Å². The first-order valence-electron chi connectivity index (χ1n) is 8.60. The fraction of sp³-hybridized carbons (Fsp3) is 0.150. The lowest BCUT2D eigenvalue weighted by Crippen LogP contribution is -2.32. The van der Waals surface area contributed by atoms with E-state index >= 15 is 0 Å². The summed E-state index contributed by atoms with van der Waals surface area (Å²) < 4.78 is 2.65. The van der Waals surface area contributed by atoms with E-state index in [1.54, 1.807) is 21.8 Å². The summed E-state index contributed by atoms with van der Waals surface area (Å²) in [6.07, 6.45) is 1.65. The van der Waals surface area contributed by atoms with Crippen molar-refractivity contribution in [2.75, 3.05) is 4.90 Å². The highest BCUT2D eigenvalue weighted by Crippen LogP contribution is 2.34. The summed E-state index contributed by atoms with van der Waals surface area (Å²) in [5.74, 6) is -0.131. The molecule has 0 N–H and O–H groups in total. The number of nitrogens with zero attached hydrogens (tertiary/aromatic N) is 4. The molecule has 0 saturated heterocycles. The zero-order valence-electron chi connectivity index (χ0n) is 14.7. The molecule has 2 heterocycles. The lowest BCUT2D eigenvalue weighted by molar-refractivity contribution is 0.0975. The lowest BCUT2D eigenvalue weighted by Gasteiger charge is -2.20. The molecule has 0 aliphatic rings. The summed E-state index contributed by atoms with van der Waals surface area (Å²) in [6, 6.07) is 17.3. The summed E-state index contributed by atoms with van der Waals surface area (Å²) in [5.41, 5.74) is 2.28. The number of thiazole rings is 1. The number of halogens is 1. The van der Waals surface area contributed by atoms with Gasteiger partial charge in [0.2, 0.25) is 0 Å². The van der Waals surface area contributed by atoms with E-state index in [0.29, 0.717) is 34.5 Å². The Morgan fingerprint density at radius 2 is 1.96 bits per heavy atom. The average Bonchev–Trinajstić information content (AvgIpc) is 3.34. The number of benzene rings is 2. The fourth-order valence-corrected chi connectivity index (χ4v) is 4.18. The molecule has 0 aliphatic carbocycles. The third-order valence-corrected chi connectivity index (χ3v) is 5.60. The topological polar surface area (TPSA) is 51.0 Å². The number of hydrogen-bond donors (Lipinski definition) is 0. The van der Waals surface area contributed by atoms with Crippen LogP contribution in [0.15, 0.2) is 60.8 Å². The molecular formula is C20H17ClN4OS. The summed E-state index contributed by atoms with van der Waals surface area (Å²) in [7, 11) is 0. The Morgan fingerprint density at radius 1 is 1.15 bits per heavy atom. The molecule has 0 aliphatic heterocycles. The van der Waals surface area contributed by atoms with Crippen LogP contribution in [0.4, 0.5) is 5.13 Å². The molecule has 5 nitrogen and oxygen atoms in total. The molecule has 0 unspecified atom stereocenters. The molecular weight excluding hydrogens is 380 g/mol. The van der Waals surface area contributed by atoms with Crippen molar-refractivity contribution in [1.29, 1.82) is 0 Å². The van der Waals surface area contributed by atoms with Crippen LogP contribution in [-0.4, -0.2) is 20.7 Å². The van der Waals surface area contributed by atoms with Gasteiger partial charge in [-0.05, 0) is 30.7 Å². The normalized spacial score (nSPS) is 11.0. The number of amides is 1. The molecule has 2 aromatic carbocycles. The molecule has 1 amide bonds. The van der Waals surface area contributed by atoms with E-state index in [0.717, 1.165) is 10.3 Å². The van der Waals surface area contributed by atoms with E-state index in [2.05, 4.69) is 10.1 Å². The Bertz CT molecular complexity index is 1090. The number of fused-ring (bicyclic) bond motifs is 1. The fourth-order valence-electron chi connectivity index (χ4n) is 2.92. The Morgan fingerprint density at radius 3 is 2.70 bits per heavy atom. The van der Waals surface area contributed by atoms with Gasteiger partial charge >= 0.3 is 0 Å². The Hall–Kier alpha value is -2.70. The first kappa shape index (κ1) is 17.7. The molecule has 0 saturated carbocycles. The minimum Gasteiger partial charge on any atom is -0.278 e. The van der Waals surface area contributed by atoms with Crippen molar-refractivity contribution in [2.45, 2.75) is 20.0 Å². The number of para-hydroxylation sites is 1. The molecule has 0 radical (unpaired) electrons. The number of carbonyl (C=O) groups is 1. The van der Waals surface area contributed by atoms with Gasteiger partial charge in [-0.3, -0.25) is 14.4 Å². The molecule has 7 heteroatoms. The third kappa shape index (κ3) is 3.46. The first-order chi connectivity index (χ1) is 13.2. The number of hydrogen-bond acceptors (Lipinski definition) is 4. The number of aryl methyl sites for hydroxylation is 1. The minimum absolute atomic E-state index is 0.131. The minimum atomic E-state index is -0.131. The second kappa shape index (κ2) is 7.50. The van der Waals surface area contributed by atoms with Gasteiger partial charge in [0.05, 0.1) is 16.3 Å². The van der Waals surface area contributed by atoms with Gasteiger partial charge in [-0.15, -0.1) is 0 Å². The van der Waals surface area contributed by atoms with Crippen LogP contribution in [0.25, 0.3) is 10.2 Å². The van der Waals surface area contributed by atoms with Gasteiger partial charge in [0.1, 0.15) is 11.2 Å². The van der Waals surface area contributed by atoms with E-state index in [-0.39, 0.29) is 5.91 Å². The monoisotopic (exact) mass is 396 g/mol. The van der Waals surface area contributed by atoms with Crippen LogP contribution in [0, 0.1) is 0 Å². The van der Waals surface area contributed by atoms with Gasteiger partial charge in [0, 0.05) is 12.7 Å². The zero-order valence-corrected chi connectivity index (χ0v) is 16.2. The van der Waals surface area contributed by atoms with Crippen LogP contribution in [0.3, 0.4) is 0 Å². The Labute approximate surface area is 165 Å². The van der Waals surface area contributed by atoms with E-state index < -0.39 is 0 Å². The molecule has 0 atom stereocenters. The number of aromatic nitrogens is 3. The zero-order chi connectivity index (χ0) is 18.8. The van der Waals surface area contributed by atoms with Crippen LogP contribution in [0.2, 0.25) is 5.02 Å². The van der Waals surface area contributed by atoms with E-state index in [1.807, 2.05) is 55.5 Å². The third-order valence-electron chi connectivity index (χ3n) is 4.25. The van der Waals surface area contributed by atoms with Crippen molar-refractivity contribution in [3.8, 4) is 0 Å². The van der Waals surface area contributed by atoms with E-state index in [4.69, 9.17) is 11.6 Å². The molecule has 2 aromatic heterocycles. The van der Waals surface area contributed by atoms with Crippen LogP contribution in [-0.2, 0) is 13.1 Å². The second-order valence-electron chi connectivity index (χ2n) is 5.99. The molecule has 0 spiro atoms. The van der Waals surface area contributed by atoms with Crippen LogP contribution in [0.5, 0.6) is 0 Å². The lowest BCUT2D eigenvalue weighted by atomic mass is 10.2. The Kier molecular flexibility index (Phi) is 4.92. The maximum Gasteiger partial charge on any atom is 0.278 e. The number of rotatable bonds is 5. The maximum absolute atomic E-state index is 13.4. The van der Waals surface area contributed by atoms with Crippen molar-refractivity contribution < 1.29 is 4.79 Å². The van der Waals surface area contributed by atoms with Gasteiger partial charge in [-0.25, -0.2) is 4.98 Å². The highest BCUT2D eigenvalue weighted by atomic mass is 35.5. The largest absolute Gasteiger partial charge is 0.278 e. The highest BCUT2D eigenvalue weighted by molar-refractivity contribution is 7.22. The van der Waals surface area contributed by atoms with Gasteiger partial charge in [0.15, 0.2) is 5.13 Å². The van der Waals surface area contributed by atoms with Crippen molar-refractivity contribution in [3.05, 3.63) is 77.1 Å². The summed E-state index contributed by atoms with van der Waals surface area (Å²) in [6.45, 7) is 3.01. The molecule has 0 fully saturated rings. The van der Waals surface area contributed by atoms with Crippen LogP contribution >= 0.6 is 22.9 Å². The van der Waals surface area contributed by atoms with Crippen molar-refractivity contribution >= 4 is 44.2 Å². The molecule has 4 aromatic rings. The molecule has 0 bridgehead atoms. The Balaban J connectivity index is 1.79. The summed E-state index contributed by atoms with van der Waals surface area (Å²) in [5, 5.41) is 5.43. The van der Waals surface area contributed by atoms with Crippen molar-refractivity contribution in [3.63, 3.8) is 0 Å². The van der Waals surface area contributed by atoms with Gasteiger partial charge < -0.3 is 0 Å². The summed E-state index contributed by atoms with van der Waals surface area (Å²) >= 11 is 7.75. The number of carbonyl (C=O) groups excluding carboxylic acids is 1. The second-order valence-corrected chi connectivity index (χ2v) is 7.41. The molecule has 136 valence electrons. The van der Waals surface area contributed by atoms with E-state index in [9.17, 15) is 4.79 Å². The highest BCUT2D eigenvalue weighted by Gasteiger charge is 2.24. The van der Waals surface area contributed by atoms with Gasteiger partial charge in [-0.2, -0.15) is 5.10 Å². The van der Waals surface area contributed by atoms with Gasteiger partial charge in [-0.1, -0.05) is 59.3 Å². The molecule has 4 rings (SSSR count). The molecule has 27 heavy (non-hydrogen) atoms. The van der Waals surface area contributed by atoms with Crippen molar-refractivity contribution in [1.82, 2.24) is 14.8 Å². The van der Waals surface area contributed by atoms with E-state index in [1.165, 1.54) is 11.3 Å². The maximum atomic E-state index is 13.4. The summed E-state index contributed by atoms with van der Waals surface area (Å²) in [4.78, 5) is 19.7. The smallest absolute Gasteiger partial charge is 0.278 e. The SMILES string of the molecule is CCn1nccc1C(=O)N(Cc1ccccc1)c1nc2c(Cl)cccc2s1. The predicted molar refractivity (Wildman–Crippen MR) is 109 cm³/mol. The first-order valence-corrected chi connectivity index (χ1v) is 9.79. The number of anilines is 1. The van der Waals surface area contributed by atoms with Crippen LogP contribution in [0.1, 0.15) is 23.0 Å².